The molecule has 0 saturated carbocycles. The molecule has 0 heterocycles. The molecule has 0 aromatic heterocycles. The lowest BCUT2D eigenvalue weighted by Crippen LogP contribution is -2.79. The maximum Gasteiger partial charge on any atom is 0.478 e. The van der Waals surface area contributed by atoms with E-state index in [2.05, 4.69) is 0 Å². The Hall–Kier alpha value is -1.36. The lowest BCUT2D eigenvalue weighted by Gasteiger charge is -2.46. The summed E-state index contributed by atoms with van der Waals surface area (Å²) in [6.45, 7) is -6.75. The van der Waals surface area contributed by atoms with Gasteiger partial charge in [0.25, 0.3) is 0 Å². The zero-order valence-corrected chi connectivity index (χ0v) is 16.9. The fraction of sp³-hybridized carbons (Fsp3) is 1.00. The molecule has 0 radical (unpaired) electrons. The lowest BCUT2D eigenvalue weighted by molar-refractivity contribution is -0.923. The maximum atomic E-state index is 14.3. The molecule has 0 fully saturated rings. The monoisotopic (exact) mass is 588 g/mol. The molecule has 0 aliphatic carbocycles. The second kappa shape index (κ2) is 8.60. The summed E-state index contributed by atoms with van der Waals surface area (Å²) in [7, 11) is -6.93. The van der Waals surface area contributed by atoms with Crippen molar-refractivity contribution in [2.75, 3.05) is 19.7 Å². The van der Waals surface area contributed by atoms with Gasteiger partial charge in [-0.25, -0.2) is 4.55 Å². The number of nitrogens with zero attached hydrogens (tertiary/aromatic N) is 1. The highest BCUT2D eigenvalue weighted by molar-refractivity contribution is 7.80. The van der Waals surface area contributed by atoms with Crippen molar-refractivity contribution in [2.45, 2.75) is 54.7 Å². The van der Waals surface area contributed by atoms with Crippen molar-refractivity contribution in [1.29, 1.82) is 0 Å². The molecule has 0 aliphatic rings. The van der Waals surface area contributed by atoms with Crippen LogP contribution in [-0.2, 0) is 10.3 Å². The molecule has 35 heavy (non-hydrogen) atoms. The van der Waals surface area contributed by atoms with Gasteiger partial charge in [-0.2, -0.15) is 65.9 Å². The fourth-order valence-electron chi connectivity index (χ4n) is 2.49. The quantitative estimate of drug-likeness (QED) is 0.161. The van der Waals surface area contributed by atoms with E-state index in [0.717, 1.165) is 0 Å². The van der Waals surface area contributed by atoms with Crippen molar-refractivity contribution in [2.24, 2.45) is 0 Å². The van der Waals surface area contributed by atoms with Crippen molar-refractivity contribution in [3.8, 4) is 0 Å². The van der Waals surface area contributed by atoms with Crippen LogP contribution in [0.3, 0.4) is 0 Å². The molecule has 2 N–H and O–H groups in total. The molecule has 0 amide bonds. The van der Waals surface area contributed by atoms with E-state index in [-0.39, 0.29) is 6.92 Å². The summed E-state index contributed by atoms with van der Waals surface area (Å²) < 4.78 is 253. The van der Waals surface area contributed by atoms with E-state index in [1.54, 1.807) is 0 Å². The van der Waals surface area contributed by atoms with Crippen LogP contribution in [0.2, 0.25) is 0 Å². The molecule has 0 aliphatic heterocycles. The van der Waals surface area contributed by atoms with Gasteiger partial charge in [-0.05, 0) is 6.92 Å². The van der Waals surface area contributed by atoms with E-state index >= 15 is 0 Å². The van der Waals surface area contributed by atoms with Crippen LogP contribution in [0, 0.1) is 0 Å². The Morgan fingerprint density at radius 3 is 1.11 bits per heavy atom. The Morgan fingerprint density at radius 2 is 0.886 bits per heavy atom. The van der Waals surface area contributed by atoms with Gasteiger partial charge in [-0.3, -0.25) is 0 Å². The van der Waals surface area contributed by atoms with Crippen molar-refractivity contribution in [1.82, 2.24) is 0 Å². The van der Waals surface area contributed by atoms with E-state index in [1.807, 2.05) is 0 Å². The van der Waals surface area contributed by atoms with Crippen LogP contribution in [0.4, 0.5) is 74.6 Å². The van der Waals surface area contributed by atoms with Gasteiger partial charge in [0.15, 0.2) is 0 Å². The zero-order chi connectivity index (χ0) is 29.1. The Kier molecular flexibility index (Phi) is 8.27. The molecule has 5 nitrogen and oxygen atoms in total. The van der Waals surface area contributed by atoms with Crippen LogP contribution in [0.5, 0.6) is 0 Å². The third-order valence-corrected chi connectivity index (χ3v) is 6.18. The zero-order valence-electron chi connectivity index (χ0n) is 16.1. The first-order chi connectivity index (χ1) is 14.9. The normalized spacial score (nSPS) is 17.9. The third-order valence-electron chi connectivity index (χ3n) is 4.63. The molecule has 0 rings (SSSR count). The maximum absolute atomic E-state index is 14.3. The Bertz CT molecular complexity index is 884. The van der Waals surface area contributed by atoms with Crippen LogP contribution in [0.25, 0.3) is 0 Å². The largest absolute Gasteiger partial charge is 0.478 e. The highest BCUT2D eigenvalue weighted by Gasteiger charge is 2.97. The molecule has 1 atom stereocenters. The topological polar surface area (TPSA) is 74.6 Å². The predicted molar refractivity (Wildman–Crippen MR) is 75.0 cm³/mol. The third kappa shape index (κ3) is 4.08. The summed E-state index contributed by atoms with van der Waals surface area (Å²) in [6, 6.07) is -7.47. The standard InChI is InChI=1S/C12H10F17NO4S/c1-2-30(3-4-31,35(32,33)34)12(28,29)10(23,24)8(19,20)6(15,16)5(13,14)7(17,18)9(21,22)11(25,26)27/h31H,2-4H2,1H3/p+1. The molecular weight excluding hydrogens is 577 g/mol. The molecule has 0 saturated heterocycles. The summed E-state index contributed by atoms with van der Waals surface area (Å²) in [5.74, 6) is -51.9. The molecule has 1 unspecified atom stereocenters. The van der Waals surface area contributed by atoms with Gasteiger partial charge in [0.05, 0.1) is 13.2 Å². The first-order valence-electron chi connectivity index (χ1n) is 8.04. The highest BCUT2D eigenvalue weighted by atomic mass is 32.2. The predicted octanol–water partition coefficient (Wildman–Crippen LogP) is 4.59. The lowest BCUT2D eigenvalue weighted by atomic mass is 9.90. The molecule has 212 valence electrons. The summed E-state index contributed by atoms with van der Waals surface area (Å²) in [5.41, 5.74) is 0. The summed E-state index contributed by atoms with van der Waals surface area (Å²) in [6.07, 6.45) is -7.90. The summed E-state index contributed by atoms with van der Waals surface area (Å²) in [4.78, 5) is 0. The SMILES string of the molecule is CC[N+](CCO)(C(F)(F)C(F)(F)C(F)(F)C(F)(F)C(F)(F)C(F)(F)C(F)(F)C(F)(F)F)S(=O)(=O)O. The summed E-state index contributed by atoms with van der Waals surface area (Å²) in [5, 5.41) is 8.58. The average molecular weight is 588 g/mol. The van der Waals surface area contributed by atoms with Gasteiger partial charge in [0.2, 0.25) is 0 Å². The number of quaternary nitrogens is 1. The minimum Gasteiger partial charge on any atom is -0.390 e. The second-order valence-electron chi connectivity index (χ2n) is 6.59. The number of rotatable bonds is 11. The smallest absolute Gasteiger partial charge is 0.390 e. The molecule has 0 spiro atoms. The minimum atomic E-state index is -8.90. The van der Waals surface area contributed by atoms with Gasteiger partial charge in [0.1, 0.15) is 6.54 Å². The first-order valence-corrected chi connectivity index (χ1v) is 9.44. The number of aliphatic hydroxyl groups excluding tert-OH is 1. The van der Waals surface area contributed by atoms with Crippen molar-refractivity contribution in [3.05, 3.63) is 0 Å². The molecule has 23 heteroatoms. The summed E-state index contributed by atoms with van der Waals surface area (Å²) >= 11 is 0. The molecular formula is C12H11F17NO4S+. The van der Waals surface area contributed by atoms with Crippen LogP contribution in [-0.4, -0.2) is 89.4 Å². The van der Waals surface area contributed by atoms with Gasteiger partial charge >= 0.3 is 58.1 Å². The second-order valence-corrected chi connectivity index (χ2v) is 8.18. The fourth-order valence-corrected chi connectivity index (χ4v) is 3.54. The number of hydrogen-bond acceptors (Lipinski definition) is 3. The van der Waals surface area contributed by atoms with E-state index in [1.165, 1.54) is 0 Å². The van der Waals surface area contributed by atoms with Crippen LogP contribution in [0.1, 0.15) is 6.92 Å². The number of aliphatic hydroxyl groups is 1. The van der Waals surface area contributed by atoms with Crippen LogP contribution >= 0.6 is 0 Å². The van der Waals surface area contributed by atoms with Crippen molar-refractivity contribution >= 4 is 10.3 Å². The minimum absolute atomic E-state index is 0.0380. The van der Waals surface area contributed by atoms with Gasteiger partial charge in [0, 0.05) is 0 Å². The molecule has 0 aromatic carbocycles. The Balaban J connectivity index is 7.31. The van der Waals surface area contributed by atoms with Gasteiger partial charge < -0.3 is 5.11 Å². The van der Waals surface area contributed by atoms with Crippen molar-refractivity contribution < 1.29 is 96.6 Å². The number of alkyl halides is 17. The van der Waals surface area contributed by atoms with E-state index in [4.69, 9.17) is 9.66 Å². The number of halogens is 17. The Labute approximate surface area is 182 Å². The van der Waals surface area contributed by atoms with E-state index in [0.29, 0.717) is 0 Å². The first kappa shape index (κ1) is 33.6. The average Bonchev–Trinajstić information content (AvgIpc) is 2.62. The van der Waals surface area contributed by atoms with Crippen LogP contribution in [0.15, 0.2) is 0 Å². The van der Waals surface area contributed by atoms with Gasteiger partial charge in [-0.1, -0.05) is 0 Å². The molecule has 0 bridgehead atoms. The Morgan fingerprint density at radius 1 is 0.600 bits per heavy atom. The van der Waals surface area contributed by atoms with E-state index in [9.17, 15) is 83.1 Å². The highest BCUT2D eigenvalue weighted by Crippen LogP contribution is 2.64. The van der Waals surface area contributed by atoms with E-state index < -0.39 is 81.6 Å². The number of likely N-dealkylation sites (N-methyl/N-ethyl adjacent to an activating group) is 1. The number of hydrogen-bond donors (Lipinski definition) is 2. The van der Waals surface area contributed by atoms with Gasteiger partial charge in [-0.15, -0.1) is 21.1 Å². The van der Waals surface area contributed by atoms with Crippen LogP contribution < -0.4 is 0 Å². The van der Waals surface area contributed by atoms with Crippen molar-refractivity contribution in [3.63, 3.8) is 0 Å². The molecule has 0 aromatic rings.